The highest BCUT2D eigenvalue weighted by atomic mass is 19.1. The molecule has 0 atom stereocenters. The molecule has 0 radical (unpaired) electrons. The minimum absolute atomic E-state index is 0.0830. The highest BCUT2D eigenvalue weighted by Crippen LogP contribution is 2.22. The average Bonchev–Trinajstić information content (AvgIpc) is 3.11. The Bertz CT molecular complexity index is 779. The first-order chi connectivity index (χ1) is 12.5. The minimum atomic E-state index is -0.256. The molecule has 1 aromatic carbocycles. The van der Waals surface area contributed by atoms with Gasteiger partial charge in [0.25, 0.3) is 0 Å². The number of nitrogens with one attached hydrogen (secondary N) is 1. The summed E-state index contributed by atoms with van der Waals surface area (Å²) in [5, 5.41) is 7.33. The maximum atomic E-state index is 13.0. The Morgan fingerprint density at radius 3 is 2.73 bits per heavy atom. The Morgan fingerprint density at radius 1 is 1.31 bits per heavy atom. The van der Waals surface area contributed by atoms with Crippen LogP contribution in [-0.4, -0.2) is 46.8 Å². The van der Waals surface area contributed by atoms with Crippen molar-refractivity contribution in [3.63, 3.8) is 0 Å². The number of nitrogens with zero attached hydrogens (tertiary/aromatic N) is 3. The van der Waals surface area contributed by atoms with Crippen LogP contribution in [-0.2, 0) is 4.79 Å². The molecule has 3 rings (SSSR count). The fraction of sp³-hybridized carbons (Fsp3) is 0.400. The molecule has 26 heavy (non-hydrogen) atoms. The fourth-order valence-corrected chi connectivity index (χ4v) is 2.92. The second kappa shape index (κ2) is 8.27. The summed E-state index contributed by atoms with van der Waals surface area (Å²) < 4.78 is 14.8. The van der Waals surface area contributed by atoms with E-state index >= 15 is 0 Å². The number of carbonyl (C=O) groups is 1. The number of halogens is 1. The third-order valence-corrected chi connectivity index (χ3v) is 4.41. The molecular weight excluding hydrogens is 331 g/mol. The number of benzene rings is 1. The SMILES string of the molecule is CC(C)CNC(=O)CN1CC=C(c2cnn(-c3ccc(F)cc3)c2)CC1. The van der Waals surface area contributed by atoms with Crippen LogP contribution in [0.2, 0.25) is 0 Å². The smallest absolute Gasteiger partial charge is 0.234 e. The fourth-order valence-electron chi connectivity index (χ4n) is 2.92. The zero-order valence-corrected chi connectivity index (χ0v) is 15.3. The monoisotopic (exact) mass is 356 g/mol. The van der Waals surface area contributed by atoms with E-state index in [1.54, 1.807) is 16.8 Å². The van der Waals surface area contributed by atoms with Gasteiger partial charge in [0, 0.05) is 31.4 Å². The molecule has 138 valence electrons. The molecule has 0 saturated carbocycles. The summed E-state index contributed by atoms with van der Waals surface area (Å²) in [5.74, 6) is 0.290. The van der Waals surface area contributed by atoms with E-state index in [1.807, 2.05) is 12.4 Å². The summed E-state index contributed by atoms with van der Waals surface area (Å²) in [6.07, 6.45) is 6.84. The first-order valence-electron chi connectivity index (χ1n) is 9.00. The van der Waals surface area contributed by atoms with Crippen LogP contribution in [0.15, 0.2) is 42.7 Å². The van der Waals surface area contributed by atoms with Crippen molar-refractivity contribution in [3.05, 3.63) is 54.1 Å². The van der Waals surface area contributed by atoms with Crippen LogP contribution in [0.5, 0.6) is 0 Å². The van der Waals surface area contributed by atoms with Crippen molar-refractivity contribution in [2.75, 3.05) is 26.2 Å². The normalized spacial score (nSPS) is 15.2. The second-order valence-corrected chi connectivity index (χ2v) is 7.06. The van der Waals surface area contributed by atoms with E-state index in [-0.39, 0.29) is 11.7 Å². The van der Waals surface area contributed by atoms with Gasteiger partial charge < -0.3 is 5.32 Å². The molecular formula is C20H25FN4O. The Kier molecular flexibility index (Phi) is 5.83. The predicted molar refractivity (Wildman–Crippen MR) is 100 cm³/mol. The van der Waals surface area contributed by atoms with Gasteiger partial charge in [0.05, 0.1) is 18.4 Å². The topological polar surface area (TPSA) is 50.2 Å². The summed E-state index contributed by atoms with van der Waals surface area (Å²) in [6.45, 7) is 6.93. The van der Waals surface area contributed by atoms with Crippen molar-refractivity contribution in [3.8, 4) is 5.69 Å². The molecule has 2 aromatic rings. The highest BCUT2D eigenvalue weighted by Gasteiger charge is 2.16. The number of hydrogen-bond donors (Lipinski definition) is 1. The Hall–Kier alpha value is -2.47. The van der Waals surface area contributed by atoms with Crippen LogP contribution < -0.4 is 5.32 Å². The molecule has 0 bridgehead atoms. The van der Waals surface area contributed by atoms with Crippen molar-refractivity contribution in [1.29, 1.82) is 0 Å². The van der Waals surface area contributed by atoms with Crippen LogP contribution in [0.25, 0.3) is 11.3 Å². The second-order valence-electron chi connectivity index (χ2n) is 7.06. The molecule has 2 heterocycles. The van der Waals surface area contributed by atoms with Crippen molar-refractivity contribution < 1.29 is 9.18 Å². The van der Waals surface area contributed by atoms with Gasteiger partial charge in [-0.25, -0.2) is 9.07 Å². The zero-order valence-electron chi connectivity index (χ0n) is 15.3. The molecule has 5 nitrogen and oxygen atoms in total. The molecule has 1 N–H and O–H groups in total. The molecule has 0 fully saturated rings. The quantitative estimate of drug-likeness (QED) is 0.866. The predicted octanol–water partition coefficient (Wildman–Crippen LogP) is 2.87. The molecule has 1 aromatic heterocycles. The maximum Gasteiger partial charge on any atom is 0.234 e. The number of rotatable bonds is 6. The Balaban J connectivity index is 1.57. The number of carbonyl (C=O) groups excluding carboxylic acids is 1. The molecule has 1 amide bonds. The zero-order chi connectivity index (χ0) is 18.5. The van der Waals surface area contributed by atoms with Crippen LogP contribution in [0.3, 0.4) is 0 Å². The number of amides is 1. The van der Waals surface area contributed by atoms with Gasteiger partial charge in [-0.15, -0.1) is 0 Å². The summed E-state index contributed by atoms with van der Waals surface area (Å²) >= 11 is 0. The molecule has 0 unspecified atom stereocenters. The van der Waals surface area contributed by atoms with Crippen molar-refractivity contribution in [2.45, 2.75) is 20.3 Å². The molecule has 0 aliphatic carbocycles. The van der Waals surface area contributed by atoms with Crippen molar-refractivity contribution in [2.24, 2.45) is 5.92 Å². The van der Waals surface area contributed by atoms with Gasteiger partial charge in [0.15, 0.2) is 0 Å². The van der Waals surface area contributed by atoms with Crippen LogP contribution in [0.4, 0.5) is 4.39 Å². The summed E-state index contributed by atoms with van der Waals surface area (Å²) in [7, 11) is 0. The lowest BCUT2D eigenvalue weighted by molar-refractivity contribution is -0.122. The van der Waals surface area contributed by atoms with E-state index < -0.39 is 0 Å². The lowest BCUT2D eigenvalue weighted by Crippen LogP contribution is -2.40. The maximum absolute atomic E-state index is 13.0. The van der Waals surface area contributed by atoms with E-state index in [0.29, 0.717) is 12.5 Å². The standard InChI is InChI=1S/C20H25FN4O/c1-15(2)11-22-20(26)14-24-9-7-16(8-10-24)17-12-23-25(13-17)19-5-3-18(21)4-6-19/h3-7,12-13,15H,8-11,14H2,1-2H3,(H,22,26). The molecule has 6 heteroatoms. The van der Waals surface area contributed by atoms with Crippen LogP contribution in [0.1, 0.15) is 25.8 Å². The Morgan fingerprint density at radius 2 is 2.08 bits per heavy atom. The molecule has 0 saturated heterocycles. The summed E-state index contributed by atoms with van der Waals surface area (Å²) in [5.41, 5.74) is 3.13. The molecule has 0 spiro atoms. The van der Waals surface area contributed by atoms with Gasteiger partial charge in [0.1, 0.15) is 5.82 Å². The third-order valence-electron chi connectivity index (χ3n) is 4.41. The van der Waals surface area contributed by atoms with Gasteiger partial charge >= 0.3 is 0 Å². The highest BCUT2D eigenvalue weighted by molar-refractivity contribution is 5.78. The van der Waals surface area contributed by atoms with Gasteiger partial charge in [-0.2, -0.15) is 5.10 Å². The van der Waals surface area contributed by atoms with Crippen LogP contribution >= 0.6 is 0 Å². The Labute approximate surface area is 153 Å². The molecule has 1 aliphatic heterocycles. The van der Waals surface area contributed by atoms with E-state index in [2.05, 4.69) is 35.2 Å². The lowest BCUT2D eigenvalue weighted by atomic mass is 10.0. The number of hydrogen-bond acceptors (Lipinski definition) is 3. The van der Waals surface area contributed by atoms with Crippen molar-refractivity contribution >= 4 is 11.5 Å². The molecule has 1 aliphatic rings. The van der Waals surface area contributed by atoms with Gasteiger partial charge in [0.2, 0.25) is 5.91 Å². The summed E-state index contributed by atoms with van der Waals surface area (Å²) in [4.78, 5) is 14.1. The minimum Gasteiger partial charge on any atom is -0.355 e. The van der Waals surface area contributed by atoms with E-state index in [4.69, 9.17) is 0 Å². The van der Waals surface area contributed by atoms with Crippen molar-refractivity contribution in [1.82, 2.24) is 20.0 Å². The van der Waals surface area contributed by atoms with E-state index in [0.717, 1.165) is 37.3 Å². The van der Waals surface area contributed by atoms with Gasteiger partial charge in [-0.3, -0.25) is 9.69 Å². The van der Waals surface area contributed by atoms with E-state index in [1.165, 1.54) is 17.7 Å². The van der Waals surface area contributed by atoms with Gasteiger partial charge in [-0.05, 0) is 42.2 Å². The number of aromatic nitrogens is 2. The summed E-state index contributed by atoms with van der Waals surface area (Å²) in [6, 6.07) is 6.27. The average molecular weight is 356 g/mol. The van der Waals surface area contributed by atoms with E-state index in [9.17, 15) is 9.18 Å². The largest absolute Gasteiger partial charge is 0.355 e. The van der Waals surface area contributed by atoms with Crippen LogP contribution in [0, 0.1) is 11.7 Å². The first kappa shape index (κ1) is 18.3. The third kappa shape index (κ3) is 4.79. The van der Waals surface area contributed by atoms with Gasteiger partial charge in [-0.1, -0.05) is 19.9 Å². The first-order valence-corrected chi connectivity index (χ1v) is 9.00. The lowest BCUT2D eigenvalue weighted by Gasteiger charge is -2.25.